The number of carbonyl (C=O) groups is 2. The molecule has 1 amide bonds. The number of ketones is 1. The fourth-order valence-corrected chi connectivity index (χ4v) is 3.39. The molecule has 2 N–H and O–H groups in total. The molecule has 1 aliphatic heterocycles. The first-order valence-corrected chi connectivity index (χ1v) is 8.96. The van der Waals surface area contributed by atoms with E-state index in [1.54, 1.807) is 12.1 Å². The van der Waals surface area contributed by atoms with E-state index in [-0.39, 0.29) is 34.5 Å². The number of amides is 1. The molecule has 1 aromatic carbocycles. The molecule has 1 saturated heterocycles. The van der Waals surface area contributed by atoms with Crippen molar-refractivity contribution in [3.8, 4) is 11.5 Å². The van der Waals surface area contributed by atoms with Crippen LogP contribution in [0.3, 0.4) is 0 Å². The number of aromatic hydroxyl groups is 2. The monoisotopic (exact) mass is 358 g/mol. The number of thioether (sulfide) groups is 1. The van der Waals surface area contributed by atoms with Crippen LogP contribution in [-0.2, 0) is 0 Å². The molecule has 6 nitrogen and oxygen atoms in total. The zero-order valence-corrected chi connectivity index (χ0v) is 14.3. The Morgan fingerprint density at radius 2 is 1.88 bits per heavy atom. The first-order valence-electron chi connectivity index (χ1n) is 7.98. The van der Waals surface area contributed by atoms with Gasteiger partial charge in [0.1, 0.15) is 11.5 Å². The predicted octanol–water partition coefficient (Wildman–Crippen LogP) is 2.70. The number of hydrogen-bond acceptors (Lipinski definition) is 6. The number of benzene rings is 1. The highest BCUT2D eigenvalue weighted by molar-refractivity contribution is 7.99. The van der Waals surface area contributed by atoms with Gasteiger partial charge in [-0.2, -0.15) is 0 Å². The maximum Gasteiger partial charge on any atom is 0.255 e. The van der Waals surface area contributed by atoms with E-state index in [9.17, 15) is 19.8 Å². The van der Waals surface area contributed by atoms with Gasteiger partial charge in [-0.1, -0.05) is 11.8 Å². The Balaban J connectivity index is 1.59. The number of pyridine rings is 1. The van der Waals surface area contributed by atoms with Crippen LogP contribution >= 0.6 is 11.8 Å². The molecular weight excluding hydrogens is 340 g/mol. The molecule has 0 radical (unpaired) electrons. The van der Waals surface area contributed by atoms with E-state index in [0.717, 1.165) is 32.0 Å². The van der Waals surface area contributed by atoms with Crippen LogP contribution in [0.4, 0.5) is 0 Å². The number of aromatic nitrogens is 1. The minimum atomic E-state index is -0.262. The second-order valence-corrected chi connectivity index (χ2v) is 6.79. The van der Waals surface area contributed by atoms with Gasteiger partial charge >= 0.3 is 0 Å². The smallest absolute Gasteiger partial charge is 0.255 e. The Kier molecular flexibility index (Phi) is 5.23. The number of hydrogen-bond donors (Lipinski definition) is 2. The van der Waals surface area contributed by atoms with Crippen molar-refractivity contribution in [2.75, 3.05) is 18.8 Å². The van der Waals surface area contributed by atoms with Crippen molar-refractivity contribution >= 4 is 23.5 Å². The van der Waals surface area contributed by atoms with Crippen molar-refractivity contribution in [2.45, 2.75) is 17.9 Å². The summed E-state index contributed by atoms with van der Waals surface area (Å²) in [7, 11) is 0. The third kappa shape index (κ3) is 4.11. The van der Waals surface area contributed by atoms with Crippen LogP contribution in [0.2, 0.25) is 0 Å². The Morgan fingerprint density at radius 3 is 2.52 bits per heavy atom. The zero-order chi connectivity index (χ0) is 17.8. The van der Waals surface area contributed by atoms with Gasteiger partial charge in [-0.3, -0.25) is 9.59 Å². The lowest BCUT2D eigenvalue weighted by Gasteiger charge is -2.14. The highest BCUT2D eigenvalue weighted by Gasteiger charge is 2.19. The lowest BCUT2D eigenvalue weighted by molar-refractivity contribution is 0.0792. The van der Waals surface area contributed by atoms with Crippen LogP contribution in [-0.4, -0.2) is 50.6 Å². The van der Waals surface area contributed by atoms with Crippen LogP contribution in [0.5, 0.6) is 11.5 Å². The largest absolute Gasteiger partial charge is 0.508 e. The summed E-state index contributed by atoms with van der Waals surface area (Å²) in [6.07, 6.45) is 3.62. The molecule has 25 heavy (non-hydrogen) atoms. The normalized spacial score (nSPS) is 13.8. The van der Waals surface area contributed by atoms with Crippen LogP contribution < -0.4 is 0 Å². The Bertz CT molecular complexity index is 786. The standard InChI is InChI=1S/C18H18N2O4S/c21-13-4-5-14(15(22)9-13)16(23)11-25-17-6-3-12(10-19-17)18(24)20-7-1-2-8-20/h3-6,9-10,21-22H,1-2,7-8,11H2. The molecule has 3 rings (SSSR count). The first kappa shape index (κ1) is 17.3. The van der Waals surface area contributed by atoms with E-state index in [1.807, 2.05) is 4.90 Å². The molecule has 0 spiro atoms. The fourth-order valence-electron chi connectivity index (χ4n) is 2.67. The summed E-state index contributed by atoms with van der Waals surface area (Å²) >= 11 is 1.23. The molecule has 1 aromatic heterocycles. The number of carbonyl (C=O) groups excluding carboxylic acids is 2. The highest BCUT2D eigenvalue weighted by atomic mass is 32.2. The second kappa shape index (κ2) is 7.57. The van der Waals surface area contributed by atoms with Gasteiger partial charge in [0.15, 0.2) is 5.78 Å². The number of phenols is 2. The third-order valence-corrected chi connectivity index (χ3v) is 4.95. The topological polar surface area (TPSA) is 90.7 Å². The summed E-state index contributed by atoms with van der Waals surface area (Å²) in [6.45, 7) is 1.58. The van der Waals surface area contributed by atoms with Crippen LogP contribution in [0.1, 0.15) is 33.6 Å². The minimum absolute atomic E-state index is 0.00774. The molecule has 2 heterocycles. The maximum absolute atomic E-state index is 12.3. The summed E-state index contributed by atoms with van der Waals surface area (Å²) in [5, 5.41) is 19.6. The molecule has 130 valence electrons. The maximum atomic E-state index is 12.3. The van der Waals surface area contributed by atoms with E-state index < -0.39 is 0 Å². The molecule has 0 aliphatic carbocycles. The number of rotatable bonds is 5. The molecule has 7 heteroatoms. The molecule has 1 aliphatic rings. The van der Waals surface area contributed by atoms with Crippen molar-refractivity contribution in [3.63, 3.8) is 0 Å². The molecule has 2 aromatic rings. The van der Waals surface area contributed by atoms with Crippen molar-refractivity contribution in [2.24, 2.45) is 0 Å². The average Bonchev–Trinajstić information content (AvgIpc) is 3.14. The van der Waals surface area contributed by atoms with E-state index in [2.05, 4.69) is 4.98 Å². The Hall–Kier alpha value is -2.54. The molecule has 0 saturated carbocycles. The number of Topliss-reactive ketones (excluding diaryl/α,β-unsaturated/α-hetero) is 1. The van der Waals surface area contributed by atoms with Crippen molar-refractivity contribution in [3.05, 3.63) is 47.7 Å². The van der Waals surface area contributed by atoms with Gasteiger partial charge in [-0.15, -0.1) is 0 Å². The van der Waals surface area contributed by atoms with Crippen molar-refractivity contribution < 1.29 is 19.8 Å². The van der Waals surface area contributed by atoms with Gasteiger partial charge in [0.2, 0.25) is 0 Å². The van der Waals surface area contributed by atoms with Crippen molar-refractivity contribution in [1.29, 1.82) is 0 Å². The molecular formula is C18H18N2O4S. The Morgan fingerprint density at radius 1 is 1.12 bits per heavy atom. The van der Waals surface area contributed by atoms with Crippen LogP contribution in [0.15, 0.2) is 41.6 Å². The van der Waals surface area contributed by atoms with E-state index in [1.165, 1.54) is 30.1 Å². The van der Waals surface area contributed by atoms with Gasteiger partial charge in [-0.25, -0.2) is 4.98 Å². The lowest BCUT2D eigenvalue weighted by atomic mass is 10.1. The number of likely N-dealkylation sites (tertiary alicyclic amines) is 1. The SMILES string of the molecule is O=C(CSc1ccc(C(=O)N2CCCC2)cn1)c1ccc(O)cc1O. The molecule has 0 unspecified atom stereocenters. The second-order valence-electron chi connectivity index (χ2n) is 5.80. The van der Waals surface area contributed by atoms with Crippen molar-refractivity contribution in [1.82, 2.24) is 9.88 Å². The summed E-state index contributed by atoms with van der Waals surface area (Å²) in [6, 6.07) is 7.32. The van der Waals surface area contributed by atoms with Gasteiger partial charge in [0, 0.05) is 25.4 Å². The Labute approximate surface area is 149 Å². The van der Waals surface area contributed by atoms with Gasteiger partial charge in [0.05, 0.1) is 21.9 Å². The summed E-state index contributed by atoms with van der Waals surface area (Å²) in [4.78, 5) is 30.5. The average molecular weight is 358 g/mol. The van der Waals surface area contributed by atoms with E-state index in [0.29, 0.717) is 10.6 Å². The van der Waals surface area contributed by atoms with Gasteiger partial charge < -0.3 is 15.1 Å². The minimum Gasteiger partial charge on any atom is -0.508 e. The fraction of sp³-hybridized carbons (Fsp3) is 0.278. The molecule has 1 fully saturated rings. The quantitative estimate of drug-likeness (QED) is 0.631. The van der Waals surface area contributed by atoms with Gasteiger partial charge in [-0.05, 0) is 37.1 Å². The first-order chi connectivity index (χ1) is 12.0. The lowest BCUT2D eigenvalue weighted by Crippen LogP contribution is -2.27. The highest BCUT2D eigenvalue weighted by Crippen LogP contribution is 2.25. The van der Waals surface area contributed by atoms with Crippen LogP contribution in [0.25, 0.3) is 0 Å². The summed E-state index contributed by atoms with van der Waals surface area (Å²) in [5.41, 5.74) is 0.708. The molecule has 0 atom stereocenters. The summed E-state index contributed by atoms with van der Waals surface area (Å²) in [5.74, 6) is -0.509. The molecule has 0 bridgehead atoms. The van der Waals surface area contributed by atoms with E-state index in [4.69, 9.17) is 0 Å². The van der Waals surface area contributed by atoms with Gasteiger partial charge in [0.25, 0.3) is 5.91 Å². The zero-order valence-electron chi connectivity index (χ0n) is 13.5. The summed E-state index contributed by atoms with van der Waals surface area (Å²) < 4.78 is 0. The third-order valence-electron chi connectivity index (χ3n) is 4.01. The van der Waals surface area contributed by atoms with E-state index >= 15 is 0 Å². The number of nitrogens with zero attached hydrogens (tertiary/aromatic N) is 2. The predicted molar refractivity (Wildman–Crippen MR) is 94.2 cm³/mol. The van der Waals surface area contributed by atoms with Crippen LogP contribution in [0, 0.1) is 0 Å². The number of phenolic OH excluding ortho intramolecular Hbond substituents is 2.